The molecule has 2 aliphatic heterocycles. The number of carbonyl (C=O) groups excluding carboxylic acids is 2. The molecule has 0 saturated carbocycles. The van der Waals surface area contributed by atoms with E-state index in [0.717, 1.165) is 17.3 Å². The third kappa shape index (κ3) is 4.89. The van der Waals surface area contributed by atoms with Gasteiger partial charge in [-0.2, -0.15) is 0 Å². The molecule has 2 amide bonds. The maximum atomic E-state index is 12.6. The van der Waals surface area contributed by atoms with Gasteiger partial charge in [-0.15, -0.1) is 0 Å². The van der Waals surface area contributed by atoms with E-state index in [0.29, 0.717) is 15.6 Å². The van der Waals surface area contributed by atoms with E-state index in [9.17, 15) is 18.0 Å². The van der Waals surface area contributed by atoms with Gasteiger partial charge in [0.15, 0.2) is 9.84 Å². The van der Waals surface area contributed by atoms with Gasteiger partial charge in [-0.05, 0) is 18.1 Å². The van der Waals surface area contributed by atoms with Crippen molar-refractivity contribution in [2.75, 3.05) is 25.1 Å². The van der Waals surface area contributed by atoms with Crippen LogP contribution in [0.1, 0.15) is 12.0 Å². The smallest absolute Gasteiger partial charge is 0.266 e. The summed E-state index contributed by atoms with van der Waals surface area (Å²) < 4.78 is 23.6. The van der Waals surface area contributed by atoms with Crippen molar-refractivity contribution in [3.05, 3.63) is 53.0 Å². The minimum Gasteiger partial charge on any atom is -0.340 e. The Morgan fingerprint density at radius 1 is 1.36 bits per heavy atom. The Hall–Kier alpha value is -1.97. The van der Waals surface area contributed by atoms with E-state index in [1.807, 2.05) is 36.4 Å². The highest BCUT2D eigenvalue weighted by atomic mass is 32.2. The van der Waals surface area contributed by atoms with Gasteiger partial charge < -0.3 is 4.90 Å². The second-order valence-corrected chi connectivity index (χ2v) is 10.5. The van der Waals surface area contributed by atoms with Crippen LogP contribution in [0.3, 0.4) is 0 Å². The highest BCUT2D eigenvalue weighted by molar-refractivity contribution is 8.26. The molecule has 2 aliphatic rings. The number of allylic oxidation sites excluding steroid dienone is 2. The highest BCUT2D eigenvalue weighted by Crippen LogP contribution is 2.31. The number of nitrogens with zero attached hydrogens (tertiary/aromatic N) is 2. The van der Waals surface area contributed by atoms with Crippen LogP contribution in [-0.2, 0) is 19.4 Å². The second-order valence-electron chi connectivity index (χ2n) is 6.62. The molecular formula is C19H20N2O4S3. The van der Waals surface area contributed by atoms with Crippen molar-refractivity contribution in [2.45, 2.75) is 12.5 Å². The molecule has 0 aliphatic carbocycles. The van der Waals surface area contributed by atoms with Crippen LogP contribution >= 0.6 is 24.0 Å². The Balaban J connectivity index is 1.62. The standard InChI is InChI=1S/C19H20N2O4S3/c1-20(15-10-11-28(24,25)13-15)17(22)12-21-18(23)16(27-19(21)26)9-5-8-14-6-3-2-4-7-14/h2-9,15H,10-13H2,1H3. The minimum atomic E-state index is -3.09. The SMILES string of the molecule is CN(C(=O)CN1C(=O)C(=CC=Cc2ccccc2)SC1=S)C1CCS(=O)(=O)C1. The molecule has 3 rings (SSSR count). The van der Waals surface area contributed by atoms with E-state index >= 15 is 0 Å². The summed E-state index contributed by atoms with van der Waals surface area (Å²) in [6.07, 6.45) is 5.77. The van der Waals surface area contributed by atoms with E-state index in [2.05, 4.69) is 0 Å². The van der Waals surface area contributed by atoms with E-state index in [-0.39, 0.29) is 35.9 Å². The molecule has 148 valence electrons. The van der Waals surface area contributed by atoms with Crippen LogP contribution in [0, 0.1) is 0 Å². The summed E-state index contributed by atoms with van der Waals surface area (Å²) in [4.78, 5) is 28.3. The molecule has 1 atom stereocenters. The van der Waals surface area contributed by atoms with Crippen molar-refractivity contribution in [1.29, 1.82) is 0 Å². The Labute approximate surface area is 174 Å². The van der Waals surface area contributed by atoms with Crippen LogP contribution in [-0.4, -0.2) is 65.5 Å². The number of hydrogen-bond acceptors (Lipinski definition) is 6. The number of benzene rings is 1. The molecule has 0 aromatic heterocycles. The third-order valence-corrected chi connectivity index (χ3v) is 7.80. The topological polar surface area (TPSA) is 74.8 Å². The fourth-order valence-corrected chi connectivity index (χ4v) is 5.97. The van der Waals surface area contributed by atoms with Gasteiger partial charge in [0.2, 0.25) is 5.91 Å². The van der Waals surface area contributed by atoms with Gasteiger partial charge in [0.1, 0.15) is 10.9 Å². The first-order chi connectivity index (χ1) is 13.3. The molecule has 1 aromatic rings. The van der Waals surface area contributed by atoms with Crippen molar-refractivity contribution in [2.24, 2.45) is 0 Å². The first-order valence-corrected chi connectivity index (χ1v) is 11.7. The molecule has 28 heavy (non-hydrogen) atoms. The number of sulfone groups is 1. The molecule has 0 N–H and O–H groups in total. The van der Waals surface area contributed by atoms with Gasteiger partial charge in [0, 0.05) is 13.1 Å². The monoisotopic (exact) mass is 436 g/mol. The number of thioether (sulfide) groups is 1. The van der Waals surface area contributed by atoms with Gasteiger partial charge >= 0.3 is 0 Å². The number of likely N-dealkylation sites (N-methyl/N-ethyl adjacent to an activating group) is 1. The van der Waals surface area contributed by atoms with Crippen molar-refractivity contribution in [1.82, 2.24) is 9.80 Å². The van der Waals surface area contributed by atoms with Gasteiger partial charge in [-0.3, -0.25) is 14.5 Å². The second kappa shape index (κ2) is 8.59. The van der Waals surface area contributed by atoms with Gasteiger partial charge in [0.05, 0.1) is 16.4 Å². The molecule has 1 unspecified atom stereocenters. The summed E-state index contributed by atoms with van der Waals surface area (Å²) in [5, 5.41) is 0. The van der Waals surface area contributed by atoms with E-state index in [1.165, 1.54) is 9.80 Å². The first-order valence-electron chi connectivity index (χ1n) is 8.70. The highest BCUT2D eigenvalue weighted by Gasteiger charge is 2.37. The molecule has 9 heteroatoms. The molecule has 1 aromatic carbocycles. The van der Waals surface area contributed by atoms with Crippen molar-refractivity contribution in [3.63, 3.8) is 0 Å². The first kappa shape index (κ1) is 20.8. The summed E-state index contributed by atoms with van der Waals surface area (Å²) in [6.45, 7) is -0.183. The van der Waals surface area contributed by atoms with Crippen LogP contribution in [0.4, 0.5) is 0 Å². The number of carbonyl (C=O) groups is 2. The quantitative estimate of drug-likeness (QED) is 0.520. The average Bonchev–Trinajstić information content (AvgIpc) is 3.15. The van der Waals surface area contributed by atoms with E-state index in [4.69, 9.17) is 12.2 Å². The lowest BCUT2D eigenvalue weighted by atomic mass is 10.2. The predicted octanol–water partition coefficient (Wildman–Crippen LogP) is 2.09. The maximum absolute atomic E-state index is 12.6. The summed E-state index contributed by atoms with van der Waals surface area (Å²) >= 11 is 6.40. The Morgan fingerprint density at radius 2 is 2.07 bits per heavy atom. The molecule has 6 nitrogen and oxygen atoms in total. The number of amides is 2. The molecule has 2 saturated heterocycles. The summed E-state index contributed by atoms with van der Waals surface area (Å²) in [5.41, 5.74) is 1.01. The van der Waals surface area contributed by atoms with Crippen molar-refractivity contribution < 1.29 is 18.0 Å². The molecular weight excluding hydrogens is 416 g/mol. The predicted molar refractivity (Wildman–Crippen MR) is 115 cm³/mol. The fourth-order valence-electron chi connectivity index (χ4n) is 2.99. The summed E-state index contributed by atoms with van der Waals surface area (Å²) in [5.74, 6) is -0.571. The Morgan fingerprint density at radius 3 is 2.71 bits per heavy atom. The summed E-state index contributed by atoms with van der Waals surface area (Å²) in [7, 11) is -1.51. The normalized spacial score (nSPS) is 23.1. The zero-order chi connectivity index (χ0) is 20.3. The Bertz CT molecular complexity index is 955. The van der Waals surface area contributed by atoms with Crippen molar-refractivity contribution >= 4 is 56.0 Å². The van der Waals surface area contributed by atoms with Gasteiger partial charge in [0.25, 0.3) is 5.91 Å². The van der Waals surface area contributed by atoms with E-state index < -0.39 is 9.84 Å². The van der Waals surface area contributed by atoms with Crippen molar-refractivity contribution in [3.8, 4) is 0 Å². The van der Waals surface area contributed by atoms with E-state index in [1.54, 1.807) is 19.2 Å². The van der Waals surface area contributed by atoms with Crippen LogP contribution in [0.2, 0.25) is 0 Å². The number of hydrogen-bond donors (Lipinski definition) is 0. The number of thiocarbonyl (C=S) groups is 1. The molecule has 0 bridgehead atoms. The fraction of sp³-hybridized carbons (Fsp3) is 0.316. The molecule has 0 radical (unpaired) electrons. The Kier molecular flexibility index (Phi) is 6.36. The molecule has 2 heterocycles. The van der Waals surface area contributed by atoms with Crippen LogP contribution < -0.4 is 0 Å². The average molecular weight is 437 g/mol. The largest absolute Gasteiger partial charge is 0.340 e. The van der Waals surface area contributed by atoms with Crippen LogP contribution in [0.25, 0.3) is 6.08 Å². The maximum Gasteiger partial charge on any atom is 0.266 e. The zero-order valence-electron chi connectivity index (χ0n) is 15.3. The van der Waals surface area contributed by atoms with Gasteiger partial charge in [-0.25, -0.2) is 8.42 Å². The van der Waals surface area contributed by atoms with Gasteiger partial charge in [-0.1, -0.05) is 66.5 Å². The number of rotatable bonds is 5. The third-order valence-electron chi connectivity index (χ3n) is 4.65. The molecule has 2 fully saturated rings. The van der Waals surface area contributed by atoms with Crippen LogP contribution in [0.5, 0.6) is 0 Å². The lowest BCUT2D eigenvalue weighted by molar-refractivity contribution is -0.135. The van der Waals surface area contributed by atoms with Crippen LogP contribution in [0.15, 0.2) is 47.4 Å². The lowest BCUT2D eigenvalue weighted by Crippen LogP contribution is -2.45. The molecule has 0 spiro atoms. The zero-order valence-corrected chi connectivity index (χ0v) is 17.7. The lowest BCUT2D eigenvalue weighted by Gasteiger charge is -2.25. The minimum absolute atomic E-state index is 0.0299. The summed E-state index contributed by atoms with van der Waals surface area (Å²) in [6, 6.07) is 9.34.